The van der Waals surface area contributed by atoms with Gasteiger partial charge in [0.15, 0.2) is 0 Å². The van der Waals surface area contributed by atoms with E-state index in [1.54, 1.807) is 0 Å². The molecule has 0 bridgehead atoms. The molecule has 0 spiro atoms. The molecule has 4 heteroatoms. The first kappa shape index (κ1) is 13.9. The third-order valence-corrected chi connectivity index (χ3v) is 3.72. The van der Waals surface area contributed by atoms with Crippen LogP contribution in [0.4, 0.5) is 5.69 Å². The van der Waals surface area contributed by atoms with E-state index < -0.39 is 0 Å². The fraction of sp³-hybridized carbons (Fsp3) is 0.533. The molecule has 4 nitrogen and oxygen atoms in total. The molecule has 1 fully saturated rings. The van der Waals surface area contributed by atoms with Crippen molar-refractivity contribution in [3.05, 3.63) is 29.3 Å². The van der Waals surface area contributed by atoms with Gasteiger partial charge in [-0.1, -0.05) is 6.07 Å². The van der Waals surface area contributed by atoms with Crippen molar-refractivity contribution in [3.63, 3.8) is 0 Å². The highest BCUT2D eigenvalue weighted by Crippen LogP contribution is 2.30. The molecule has 0 amide bonds. The molecular weight excluding hydrogens is 238 g/mol. The fourth-order valence-corrected chi connectivity index (χ4v) is 2.65. The van der Waals surface area contributed by atoms with Crippen LogP contribution in [0.2, 0.25) is 0 Å². The van der Waals surface area contributed by atoms with E-state index in [0.717, 1.165) is 42.7 Å². The summed E-state index contributed by atoms with van der Waals surface area (Å²) in [5, 5.41) is 21.7. The summed E-state index contributed by atoms with van der Waals surface area (Å²) in [6.07, 6.45) is 1.64. The Morgan fingerprint density at radius 3 is 2.79 bits per heavy atom. The van der Waals surface area contributed by atoms with Gasteiger partial charge in [0, 0.05) is 20.1 Å². The lowest BCUT2D eigenvalue weighted by Gasteiger charge is -2.35. The highest BCUT2D eigenvalue weighted by molar-refractivity contribution is 5.60. The van der Waals surface area contributed by atoms with Gasteiger partial charge >= 0.3 is 0 Å². The van der Waals surface area contributed by atoms with E-state index in [1.165, 1.54) is 0 Å². The second-order valence-corrected chi connectivity index (χ2v) is 5.37. The smallest absolute Gasteiger partial charge is 0.101 e. The topological polar surface area (TPSA) is 59.3 Å². The average Bonchev–Trinajstić information content (AvgIpc) is 2.37. The van der Waals surface area contributed by atoms with Crippen molar-refractivity contribution < 1.29 is 5.11 Å². The SMILES string of the molecule is CNCc1ccc(N(C)CC2CC(O)C2)c(C#N)c1. The van der Waals surface area contributed by atoms with Crippen LogP contribution in [0.25, 0.3) is 0 Å². The summed E-state index contributed by atoms with van der Waals surface area (Å²) in [5.74, 6) is 0.545. The molecule has 2 N–H and O–H groups in total. The highest BCUT2D eigenvalue weighted by atomic mass is 16.3. The van der Waals surface area contributed by atoms with Crippen LogP contribution in [0, 0.1) is 17.2 Å². The lowest BCUT2D eigenvalue weighted by atomic mass is 9.82. The Balaban J connectivity index is 2.08. The molecule has 1 aliphatic carbocycles. The molecule has 102 valence electrons. The molecule has 0 saturated heterocycles. The summed E-state index contributed by atoms with van der Waals surface area (Å²) in [6.45, 7) is 1.67. The van der Waals surface area contributed by atoms with Crippen LogP contribution in [0.1, 0.15) is 24.0 Å². The molecule has 2 rings (SSSR count). The maximum atomic E-state index is 9.32. The van der Waals surface area contributed by atoms with Crippen molar-refractivity contribution in [2.24, 2.45) is 5.92 Å². The van der Waals surface area contributed by atoms with E-state index in [0.29, 0.717) is 5.92 Å². The fourth-order valence-electron chi connectivity index (χ4n) is 2.65. The van der Waals surface area contributed by atoms with Gasteiger partial charge in [-0.25, -0.2) is 0 Å². The van der Waals surface area contributed by atoms with Crippen LogP contribution in [0.3, 0.4) is 0 Å². The van der Waals surface area contributed by atoms with Gasteiger partial charge < -0.3 is 15.3 Å². The predicted octanol–water partition coefficient (Wildman–Crippen LogP) is 1.48. The number of hydrogen-bond donors (Lipinski definition) is 2. The average molecular weight is 259 g/mol. The Morgan fingerprint density at radius 2 is 2.21 bits per heavy atom. The summed E-state index contributed by atoms with van der Waals surface area (Å²) < 4.78 is 0. The van der Waals surface area contributed by atoms with Gasteiger partial charge in [-0.05, 0) is 43.5 Å². The number of hydrogen-bond acceptors (Lipinski definition) is 4. The third-order valence-electron chi connectivity index (χ3n) is 3.72. The van der Waals surface area contributed by atoms with Gasteiger partial charge in [-0.3, -0.25) is 0 Å². The molecule has 1 aromatic rings. The minimum atomic E-state index is -0.119. The summed E-state index contributed by atoms with van der Waals surface area (Å²) >= 11 is 0. The number of aliphatic hydroxyl groups excluding tert-OH is 1. The number of nitrogens with zero attached hydrogens (tertiary/aromatic N) is 2. The van der Waals surface area contributed by atoms with E-state index >= 15 is 0 Å². The number of rotatable bonds is 5. The standard InChI is InChI=1S/C15H21N3O/c1-17-9-11-3-4-15(13(5-11)8-16)18(2)10-12-6-14(19)7-12/h3-5,12,14,17,19H,6-7,9-10H2,1-2H3. The largest absolute Gasteiger partial charge is 0.393 e. The van der Waals surface area contributed by atoms with Crippen LogP contribution < -0.4 is 10.2 Å². The van der Waals surface area contributed by atoms with Gasteiger partial charge in [0.1, 0.15) is 6.07 Å². The lowest BCUT2D eigenvalue weighted by Crippen LogP contribution is -2.37. The van der Waals surface area contributed by atoms with Crippen LogP contribution in [-0.2, 0) is 6.54 Å². The van der Waals surface area contributed by atoms with Crippen molar-refractivity contribution in [2.75, 3.05) is 25.5 Å². The van der Waals surface area contributed by atoms with E-state index in [9.17, 15) is 10.4 Å². The summed E-state index contributed by atoms with van der Waals surface area (Å²) in [4.78, 5) is 2.12. The number of benzene rings is 1. The molecule has 19 heavy (non-hydrogen) atoms. The van der Waals surface area contributed by atoms with E-state index in [1.807, 2.05) is 26.2 Å². The Kier molecular flexibility index (Phi) is 4.41. The van der Waals surface area contributed by atoms with Gasteiger partial charge in [0.25, 0.3) is 0 Å². The number of nitrogens with one attached hydrogen (secondary N) is 1. The molecule has 0 aromatic heterocycles. The van der Waals surface area contributed by atoms with Crippen molar-refractivity contribution in [1.29, 1.82) is 5.26 Å². The van der Waals surface area contributed by atoms with E-state index in [4.69, 9.17) is 0 Å². The number of nitriles is 1. The zero-order valence-corrected chi connectivity index (χ0v) is 11.6. The first-order chi connectivity index (χ1) is 9.13. The molecule has 1 aliphatic rings. The monoisotopic (exact) mass is 259 g/mol. The van der Waals surface area contributed by atoms with Gasteiger partial charge in [0.2, 0.25) is 0 Å². The molecule has 1 aromatic carbocycles. The maximum absolute atomic E-state index is 9.32. The van der Waals surface area contributed by atoms with Gasteiger partial charge in [-0.2, -0.15) is 5.26 Å². The zero-order chi connectivity index (χ0) is 13.8. The third kappa shape index (κ3) is 3.25. The lowest BCUT2D eigenvalue weighted by molar-refractivity contribution is 0.0465. The van der Waals surface area contributed by atoms with Crippen molar-refractivity contribution >= 4 is 5.69 Å². The summed E-state index contributed by atoms with van der Waals surface area (Å²) in [5.41, 5.74) is 2.81. The number of anilines is 1. The van der Waals surface area contributed by atoms with Gasteiger partial charge in [-0.15, -0.1) is 0 Å². The minimum absolute atomic E-state index is 0.119. The Labute approximate surface area is 114 Å². The minimum Gasteiger partial charge on any atom is -0.393 e. The first-order valence-electron chi connectivity index (χ1n) is 6.71. The Bertz CT molecular complexity index is 475. The van der Waals surface area contributed by atoms with Crippen LogP contribution in [0.15, 0.2) is 18.2 Å². The molecular formula is C15H21N3O. The second-order valence-electron chi connectivity index (χ2n) is 5.37. The van der Waals surface area contributed by atoms with Crippen LogP contribution in [0.5, 0.6) is 0 Å². The molecule has 0 unspecified atom stereocenters. The molecule has 0 atom stereocenters. The summed E-state index contributed by atoms with van der Waals surface area (Å²) in [6, 6.07) is 8.29. The predicted molar refractivity (Wildman–Crippen MR) is 75.9 cm³/mol. The van der Waals surface area contributed by atoms with Crippen molar-refractivity contribution in [1.82, 2.24) is 5.32 Å². The Morgan fingerprint density at radius 1 is 1.47 bits per heavy atom. The molecule has 0 radical (unpaired) electrons. The zero-order valence-electron chi connectivity index (χ0n) is 11.6. The summed E-state index contributed by atoms with van der Waals surface area (Å²) in [7, 11) is 3.91. The van der Waals surface area contributed by atoms with Crippen LogP contribution in [-0.4, -0.2) is 31.9 Å². The molecule has 0 heterocycles. The maximum Gasteiger partial charge on any atom is 0.101 e. The Hall–Kier alpha value is -1.57. The van der Waals surface area contributed by atoms with Gasteiger partial charge in [0.05, 0.1) is 17.4 Å². The highest BCUT2D eigenvalue weighted by Gasteiger charge is 2.28. The first-order valence-corrected chi connectivity index (χ1v) is 6.71. The second kappa shape index (κ2) is 6.05. The van der Waals surface area contributed by atoms with Crippen molar-refractivity contribution in [2.45, 2.75) is 25.5 Å². The van der Waals surface area contributed by atoms with Crippen LogP contribution >= 0.6 is 0 Å². The number of aliphatic hydroxyl groups is 1. The van der Waals surface area contributed by atoms with E-state index in [-0.39, 0.29) is 6.10 Å². The van der Waals surface area contributed by atoms with E-state index in [2.05, 4.69) is 22.4 Å². The normalized spacial score (nSPS) is 21.6. The molecule has 1 saturated carbocycles. The van der Waals surface area contributed by atoms with Crippen molar-refractivity contribution in [3.8, 4) is 6.07 Å². The quantitative estimate of drug-likeness (QED) is 0.841. The molecule has 0 aliphatic heterocycles.